The number of aromatic hydroxyl groups is 1. The van der Waals surface area contributed by atoms with E-state index in [0.29, 0.717) is 16.3 Å². The first-order chi connectivity index (χ1) is 15.8. The maximum Gasteiger partial charge on any atom is 0.305 e. The van der Waals surface area contributed by atoms with Crippen LogP contribution in [0.4, 0.5) is 5.69 Å². The number of halogens is 1. The lowest BCUT2D eigenvalue weighted by Crippen LogP contribution is -2.49. The Kier molecular flexibility index (Phi) is 6.33. The molecular weight excluding hydrogens is 444 g/mol. The molecule has 3 aromatic carbocycles. The fraction of sp³-hybridized carbons (Fsp3) is 0.160. The van der Waals surface area contributed by atoms with E-state index in [-0.39, 0.29) is 24.4 Å². The second-order valence-corrected chi connectivity index (χ2v) is 8.22. The summed E-state index contributed by atoms with van der Waals surface area (Å²) in [6.07, 6.45) is -0.559. The number of phenols is 1. The van der Waals surface area contributed by atoms with Crippen LogP contribution in [0, 0.1) is 0 Å². The molecule has 0 unspecified atom stereocenters. The molecule has 168 valence electrons. The van der Waals surface area contributed by atoms with Crippen LogP contribution in [0.3, 0.4) is 0 Å². The SMILES string of the molecule is O=C(O)C[C@H]1C(=O)N(Cc2ccccc2)c2cc(Cl)ccc2C(=O)N1Cc1cccc(O)c1. The summed E-state index contributed by atoms with van der Waals surface area (Å²) in [6, 6.07) is 18.9. The molecule has 1 heterocycles. The van der Waals surface area contributed by atoms with E-state index in [1.54, 1.807) is 30.3 Å². The number of carboxylic acid groups (broad SMARTS) is 1. The number of phenolic OH excluding ortho intramolecular Hbond substituents is 1. The fourth-order valence-electron chi connectivity index (χ4n) is 3.96. The van der Waals surface area contributed by atoms with Crippen LogP contribution in [0.5, 0.6) is 5.75 Å². The van der Waals surface area contributed by atoms with Gasteiger partial charge in [-0.1, -0.05) is 54.1 Å². The van der Waals surface area contributed by atoms with Crippen molar-refractivity contribution >= 4 is 35.1 Å². The molecule has 2 N–H and O–H groups in total. The zero-order valence-electron chi connectivity index (χ0n) is 17.5. The molecule has 0 aliphatic carbocycles. The van der Waals surface area contributed by atoms with Crippen molar-refractivity contribution in [3.8, 4) is 5.75 Å². The molecule has 8 heteroatoms. The Labute approximate surface area is 195 Å². The van der Waals surface area contributed by atoms with Crippen LogP contribution in [0.15, 0.2) is 72.8 Å². The van der Waals surface area contributed by atoms with Gasteiger partial charge in [0.05, 0.1) is 24.2 Å². The van der Waals surface area contributed by atoms with Gasteiger partial charge in [-0.2, -0.15) is 0 Å². The highest BCUT2D eigenvalue weighted by molar-refractivity contribution is 6.31. The molecule has 0 fully saturated rings. The summed E-state index contributed by atoms with van der Waals surface area (Å²) in [4.78, 5) is 41.8. The molecule has 0 spiro atoms. The number of benzene rings is 3. The summed E-state index contributed by atoms with van der Waals surface area (Å²) in [5.74, 6) is -2.20. The minimum absolute atomic E-state index is 0.00812. The number of fused-ring (bicyclic) bond motifs is 1. The average Bonchev–Trinajstić information content (AvgIpc) is 2.85. The van der Waals surface area contributed by atoms with Gasteiger partial charge in [-0.15, -0.1) is 0 Å². The summed E-state index contributed by atoms with van der Waals surface area (Å²) in [7, 11) is 0. The Bertz CT molecular complexity index is 1210. The van der Waals surface area contributed by atoms with Gasteiger partial charge < -0.3 is 20.0 Å². The third kappa shape index (κ3) is 4.83. The number of carboxylic acids is 1. The molecule has 1 aliphatic heterocycles. The number of aliphatic carboxylic acids is 1. The number of hydrogen-bond donors (Lipinski definition) is 2. The molecule has 33 heavy (non-hydrogen) atoms. The predicted octanol–water partition coefficient (Wildman–Crippen LogP) is 4.08. The zero-order chi connectivity index (χ0) is 23.5. The van der Waals surface area contributed by atoms with Gasteiger partial charge in [-0.3, -0.25) is 14.4 Å². The highest BCUT2D eigenvalue weighted by Crippen LogP contribution is 2.33. The first-order valence-electron chi connectivity index (χ1n) is 10.3. The van der Waals surface area contributed by atoms with Gasteiger partial charge in [0.15, 0.2) is 0 Å². The number of anilines is 1. The summed E-state index contributed by atoms with van der Waals surface area (Å²) in [5.41, 5.74) is 1.96. The third-order valence-electron chi connectivity index (χ3n) is 5.48. The van der Waals surface area contributed by atoms with E-state index in [2.05, 4.69) is 0 Å². The number of carbonyl (C=O) groups excluding carboxylic acids is 2. The van der Waals surface area contributed by atoms with Crippen molar-refractivity contribution in [3.05, 3.63) is 94.5 Å². The van der Waals surface area contributed by atoms with Gasteiger partial charge in [0.1, 0.15) is 11.8 Å². The quantitative estimate of drug-likeness (QED) is 0.572. The molecule has 3 aromatic rings. The van der Waals surface area contributed by atoms with Gasteiger partial charge in [0.2, 0.25) is 0 Å². The van der Waals surface area contributed by atoms with E-state index < -0.39 is 30.2 Å². The average molecular weight is 465 g/mol. The smallest absolute Gasteiger partial charge is 0.305 e. The van der Waals surface area contributed by atoms with Crippen molar-refractivity contribution in [1.29, 1.82) is 0 Å². The second kappa shape index (κ2) is 9.34. The molecule has 0 saturated heterocycles. The number of nitrogens with zero attached hydrogens (tertiary/aromatic N) is 2. The molecule has 2 amide bonds. The van der Waals surface area contributed by atoms with E-state index in [1.807, 2.05) is 30.3 Å². The predicted molar refractivity (Wildman–Crippen MR) is 123 cm³/mol. The lowest BCUT2D eigenvalue weighted by Gasteiger charge is -2.30. The number of carbonyl (C=O) groups is 3. The minimum Gasteiger partial charge on any atom is -0.508 e. The third-order valence-corrected chi connectivity index (χ3v) is 5.72. The molecule has 1 atom stereocenters. The van der Waals surface area contributed by atoms with Crippen LogP contribution in [0.25, 0.3) is 0 Å². The normalized spacial score (nSPS) is 15.8. The summed E-state index contributed by atoms with van der Waals surface area (Å²) in [6.45, 7) is 0.106. The van der Waals surface area contributed by atoms with E-state index in [4.69, 9.17) is 11.6 Å². The first-order valence-corrected chi connectivity index (χ1v) is 10.7. The fourth-order valence-corrected chi connectivity index (χ4v) is 4.13. The lowest BCUT2D eigenvalue weighted by molar-refractivity contribution is -0.140. The highest BCUT2D eigenvalue weighted by Gasteiger charge is 2.40. The van der Waals surface area contributed by atoms with E-state index in [0.717, 1.165) is 5.56 Å². The topological polar surface area (TPSA) is 98.2 Å². The largest absolute Gasteiger partial charge is 0.508 e. The highest BCUT2D eigenvalue weighted by atomic mass is 35.5. The molecule has 1 aliphatic rings. The standard InChI is InChI=1S/C25H21ClN2O5/c26-18-9-10-20-21(12-18)27(14-16-5-2-1-3-6-16)25(33)22(13-23(30)31)28(24(20)32)15-17-7-4-8-19(29)11-17/h1-12,22,29H,13-15H2,(H,30,31)/t22-/m0/s1. The van der Waals surface area contributed by atoms with Crippen molar-refractivity contribution in [2.45, 2.75) is 25.6 Å². The molecule has 0 saturated carbocycles. The van der Waals surface area contributed by atoms with Gasteiger partial charge in [-0.05, 0) is 41.5 Å². The van der Waals surface area contributed by atoms with Gasteiger partial charge in [-0.25, -0.2) is 0 Å². The molecule has 4 rings (SSSR count). The lowest BCUT2D eigenvalue weighted by atomic mass is 10.1. The summed E-state index contributed by atoms with van der Waals surface area (Å²) in [5, 5.41) is 19.7. The summed E-state index contributed by atoms with van der Waals surface area (Å²) >= 11 is 6.21. The molecule has 0 aromatic heterocycles. The van der Waals surface area contributed by atoms with Crippen LogP contribution in [0.1, 0.15) is 27.9 Å². The van der Waals surface area contributed by atoms with Gasteiger partial charge in [0, 0.05) is 11.6 Å². The number of hydrogen-bond acceptors (Lipinski definition) is 4. The van der Waals surface area contributed by atoms with E-state index >= 15 is 0 Å². The minimum atomic E-state index is -1.24. The van der Waals surface area contributed by atoms with Gasteiger partial charge in [0.25, 0.3) is 11.8 Å². The van der Waals surface area contributed by atoms with Crippen molar-refractivity contribution in [2.24, 2.45) is 0 Å². The second-order valence-electron chi connectivity index (χ2n) is 7.79. The van der Waals surface area contributed by atoms with Crippen molar-refractivity contribution < 1.29 is 24.6 Å². The Balaban J connectivity index is 1.83. The van der Waals surface area contributed by atoms with Crippen LogP contribution < -0.4 is 4.90 Å². The van der Waals surface area contributed by atoms with E-state index in [9.17, 15) is 24.6 Å². The van der Waals surface area contributed by atoms with Gasteiger partial charge >= 0.3 is 5.97 Å². The maximum absolute atomic E-state index is 13.7. The van der Waals surface area contributed by atoms with Crippen molar-refractivity contribution in [1.82, 2.24) is 4.90 Å². The van der Waals surface area contributed by atoms with Crippen LogP contribution in [-0.4, -0.2) is 38.9 Å². The maximum atomic E-state index is 13.7. The Morgan fingerprint density at radius 3 is 2.33 bits per heavy atom. The first kappa shape index (κ1) is 22.4. The Hall–Kier alpha value is -3.84. The molecule has 0 bridgehead atoms. The van der Waals surface area contributed by atoms with Crippen LogP contribution in [-0.2, 0) is 22.7 Å². The van der Waals surface area contributed by atoms with Crippen molar-refractivity contribution in [2.75, 3.05) is 4.90 Å². The Morgan fingerprint density at radius 2 is 1.64 bits per heavy atom. The summed E-state index contributed by atoms with van der Waals surface area (Å²) < 4.78 is 0. The van der Waals surface area contributed by atoms with Crippen molar-refractivity contribution in [3.63, 3.8) is 0 Å². The molecule has 7 nitrogen and oxygen atoms in total. The molecular formula is C25H21ClN2O5. The molecule has 0 radical (unpaired) electrons. The monoisotopic (exact) mass is 464 g/mol. The Morgan fingerprint density at radius 1 is 0.909 bits per heavy atom. The van der Waals surface area contributed by atoms with E-state index in [1.165, 1.54) is 21.9 Å². The zero-order valence-corrected chi connectivity index (χ0v) is 18.3. The van der Waals surface area contributed by atoms with Crippen LogP contribution in [0.2, 0.25) is 5.02 Å². The number of amides is 2. The number of rotatable bonds is 6. The van der Waals surface area contributed by atoms with Crippen LogP contribution >= 0.6 is 11.6 Å².